The van der Waals surface area contributed by atoms with Crippen molar-refractivity contribution < 1.29 is 18.3 Å². The summed E-state index contributed by atoms with van der Waals surface area (Å²) >= 11 is 12.4. The van der Waals surface area contributed by atoms with Crippen molar-refractivity contribution in [3.63, 3.8) is 0 Å². The summed E-state index contributed by atoms with van der Waals surface area (Å²) in [6, 6.07) is 13.6. The minimum Gasteiger partial charge on any atom is -0.495 e. The van der Waals surface area contributed by atoms with E-state index < -0.39 is 41.0 Å². The molecule has 0 aromatic heterocycles. The maximum atomic E-state index is 15.9. The van der Waals surface area contributed by atoms with Gasteiger partial charge >= 0.3 is 0 Å². The van der Waals surface area contributed by atoms with Crippen LogP contribution in [0.25, 0.3) is 0 Å². The Kier molecular flexibility index (Phi) is 9.05. The van der Waals surface area contributed by atoms with Crippen LogP contribution in [0.1, 0.15) is 77.5 Å². The Bertz CT molecular complexity index is 1480. The monoisotopic (exact) mass is 616 g/mol. The molecule has 4 atom stereocenters. The number of anilines is 1. The third-order valence-corrected chi connectivity index (χ3v) is 8.86. The number of methoxy groups -OCH3 is 1. The number of amides is 1. The van der Waals surface area contributed by atoms with Gasteiger partial charge in [-0.25, -0.2) is 8.78 Å². The van der Waals surface area contributed by atoms with Gasteiger partial charge < -0.3 is 15.4 Å². The van der Waals surface area contributed by atoms with Crippen molar-refractivity contribution in [2.45, 2.75) is 83.7 Å². The second kappa shape index (κ2) is 11.8. The van der Waals surface area contributed by atoms with E-state index in [0.717, 1.165) is 5.56 Å². The van der Waals surface area contributed by atoms with Crippen molar-refractivity contribution in [1.82, 2.24) is 5.32 Å². The fourth-order valence-electron chi connectivity index (χ4n) is 6.18. The highest BCUT2D eigenvalue weighted by Gasteiger charge is 2.57. The van der Waals surface area contributed by atoms with E-state index >= 15 is 8.78 Å². The first-order valence-corrected chi connectivity index (χ1v) is 14.9. The molecular weight excluding hydrogens is 577 g/mol. The molecule has 3 aromatic rings. The average Bonchev–Trinajstić information content (AvgIpc) is 3.16. The van der Waals surface area contributed by atoms with Gasteiger partial charge in [-0.3, -0.25) is 4.79 Å². The smallest absolute Gasteiger partial charge is 0.242 e. The third kappa shape index (κ3) is 6.31. The number of halogens is 4. The van der Waals surface area contributed by atoms with Crippen molar-refractivity contribution in [3.8, 4) is 5.75 Å². The Morgan fingerprint density at radius 3 is 2.31 bits per heavy atom. The number of carbonyl (C=O) groups is 1. The molecule has 0 radical (unpaired) electrons. The lowest BCUT2D eigenvalue weighted by Gasteiger charge is -2.40. The zero-order valence-electron chi connectivity index (χ0n) is 25.5. The van der Waals surface area contributed by atoms with Gasteiger partial charge in [-0.05, 0) is 64.3 Å². The first-order chi connectivity index (χ1) is 19.5. The van der Waals surface area contributed by atoms with Crippen molar-refractivity contribution >= 4 is 34.8 Å². The molecule has 1 fully saturated rings. The lowest BCUT2D eigenvalue weighted by atomic mass is 9.63. The number of benzene rings is 3. The average molecular weight is 618 g/mol. The Morgan fingerprint density at radius 2 is 1.71 bits per heavy atom. The van der Waals surface area contributed by atoms with Gasteiger partial charge in [0.25, 0.3) is 0 Å². The summed E-state index contributed by atoms with van der Waals surface area (Å²) < 4.78 is 37.3. The summed E-state index contributed by atoms with van der Waals surface area (Å²) in [6.07, 6.45) is 0.581. The number of rotatable bonds is 6. The number of hydrogen-bond donors (Lipinski definition) is 2. The third-order valence-electron chi connectivity index (χ3n) is 8.34. The van der Waals surface area contributed by atoms with Gasteiger partial charge in [-0.2, -0.15) is 0 Å². The number of ether oxygens (including phenoxy) is 1. The van der Waals surface area contributed by atoms with Crippen LogP contribution in [-0.2, 0) is 15.6 Å². The lowest BCUT2D eigenvalue weighted by molar-refractivity contribution is -0.118. The van der Waals surface area contributed by atoms with Crippen molar-refractivity contribution in [2.24, 2.45) is 5.41 Å². The fourth-order valence-corrected chi connectivity index (χ4v) is 6.52. The lowest BCUT2D eigenvalue weighted by Crippen LogP contribution is -2.44. The van der Waals surface area contributed by atoms with E-state index in [-0.39, 0.29) is 26.4 Å². The van der Waals surface area contributed by atoms with Gasteiger partial charge in [0.2, 0.25) is 5.91 Å². The molecule has 1 aliphatic heterocycles. The molecule has 2 N–H and O–H groups in total. The number of hydrogen-bond acceptors (Lipinski definition) is 3. The van der Waals surface area contributed by atoms with E-state index in [1.165, 1.54) is 12.1 Å². The van der Waals surface area contributed by atoms with Gasteiger partial charge in [-0.15, -0.1) is 0 Å². The van der Waals surface area contributed by atoms with Gasteiger partial charge in [0.1, 0.15) is 17.4 Å². The molecule has 1 saturated heterocycles. The van der Waals surface area contributed by atoms with Crippen LogP contribution in [0.5, 0.6) is 5.75 Å². The van der Waals surface area contributed by atoms with Crippen molar-refractivity contribution in [1.29, 1.82) is 0 Å². The highest BCUT2D eigenvalue weighted by atomic mass is 35.5. The molecule has 4 rings (SSSR count). The van der Waals surface area contributed by atoms with Crippen LogP contribution in [0.15, 0.2) is 54.6 Å². The summed E-state index contributed by atoms with van der Waals surface area (Å²) in [5.41, 5.74) is 0.737. The van der Waals surface area contributed by atoms with Crippen LogP contribution < -0.4 is 15.4 Å². The van der Waals surface area contributed by atoms with Gasteiger partial charge in [-0.1, -0.05) is 95.9 Å². The molecule has 0 unspecified atom stereocenters. The standard InChI is InChI=1S/C34H40Cl2F2N2O2/c1-32(2,3)18-27-34(7,22-14-13-20(35)17-24(22)37)28(21-10-9-11-23(36)29(21)38)30(40-27)31(41)39-25-15-12-19(33(4,5)6)16-26(25)42-8/h9-17,27-28,30,40H,18H2,1-8H3,(H,39,41)/t27-,28-,30+,34-/m0/s1. The molecule has 8 heteroatoms. The molecule has 4 nitrogen and oxygen atoms in total. The fraction of sp³-hybridized carbons (Fsp3) is 0.441. The van der Waals surface area contributed by atoms with Crippen molar-refractivity contribution in [3.05, 3.63) is 93.0 Å². The van der Waals surface area contributed by atoms with Gasteiger partial charge in [0, 0.05) is 22.4 Å². The Labute approximate surface area is 258 Å². The van der Waals surface area contributed by atoms with Crippen LogP contribution in [0.4, 0.5) is 14.5 Å². The van der Waals surface area contributed by atoms with Gasteiger partial charge in [0.05, 0.1) is 23.9 Å². The van der Waals surface area contributed by atoms with E-state index in [0.29, 0.717) is 23.4 Å². The largest absolute Gasteiger partial charge is 0.495 e. The molecule has 0 bridgehead atoms. The van der Waals surface area contributed by atoms with Gasteiger partial charge in [0.15, 0.2) is 0 Å². The maximum absolute atomic E-state index is 15.9. The van der Waals surface area contributed by atoms with E-state index in [2.05, 4.69) is 52.2 Å². The molecular formula is C34H40Cl2F2N2O2. The predicted molar refractivity (Wildman–Crippen MR) is 168 cm³/mol. The molecule has 226 valence electrons. The van der Waals surface area contributed by atoms with Crippen LogP contribution in [0, 0.1) is 17.0 Å². The number of carbonyl (C=O) groups excluding carboxylic acids is 1. The minimum atomic E-state index is -1.06. The molecule has 1 amide bonds. The quantitative estimate of drug-likeness (QED) is 0.290. The topological polar surface area (TPSA) is 50.4 Å². The minimum absolute atomic E-state index is 0.0655. The first kappa shape index (κ1) is 32.2. The van der Waals surface area contributed by atoms with Crippen LogP contribution in [-0.4, -0.2) is 25.1 Å². The molecule has 0 saturated carbocycles. The first-order valence-electron chi connectivity index (χ1n) is 14.1. The summed E-state index contributed by atoms with van der Waals surface area (Å²) in [5, 5.41) is 6.71. The highest BCUT2D eigenvalue weighted by molar-refractivity contribution is 6.31. The SMILES string of the molecule is COc1cc(C(C)(C)C)ccc1NC(=O)[C@@H]1N[C@@H](CC(C)(C)C)[C@](C)(c2ccc(Cl)cc2F)[C@H]1c1cccc(Cl)c1F. The Balaban J connectivity index is 1.89. The highest BCUT2D eigenvalue weighted by Crippen LogP contribution is 2.53. The normalized spacial score (nSPS) is 22.7. The van der Waals surface area contributed by atoms with E-state index in [1.807, 2.05) is 25.1 Å². The molecule has 0 spiro atoms. The second-order valence-corrected chi connectivity index (χ2v) is 14.5. The number of nitrogens with one attached hydrogen (secondary N) is 2. The zero-order chi connectivity index (χ0) is 31.2. The summed E-state index contributed by atoms with van der Waals surface area (Å²) in [4.78, 5) is 14.2. The van der Waals surface area contributed by atoms with E-state index in [4.69, 9.17) is 27.9 Å². The summed E-state index contributed by atoms with van der Waals surface area (Å²) in [7, 11) is 1.55. The maximum Gasteiger partial charge on any atom is 0.242 e. The molecule has 1 aliphatic rings. The molecule has 0 aliphatic carbocycles. The summed E-state index contributed by atoms with van der Waals surface area (Å²) in [6.45, 7) is 14.4. The predicted octanol–water partition coefficient (Wildman–Crippen LogP) is 9.03. The van der Waals surface area contributed by atoms with Crippen molar-refractivity contribution in [2.75, 3.05) is 12.4 Å². The zero-order valence-corrected chi connectivity index (χ0v) is 27.0. The van der Waals surface area contributed by atoms with E-state index in [1.54, 1.807) is 31.4 Å². The molecule has 3 aromatic carbocycles. The summed E-state index contributed by atoms with van der Waals surface area (Å²) in [5.74, 6) is -1.85. The second-order valence-electron chi connectivity index (χ2n) is 13.6. The van der Waals surface area contributed by atoms with Crippen LogP contribution in [0.2, 0.25) is 10.0 Å². The Hall–Kier alpha value is -2.67. The molecule has 42 heavy (non-hydrogen) atoms. The Morgan fingerprint density at radius 1 is 1.02 bits per heavy atom. The molecule has 1 heterocycles. The van der Waals surface area contributed by atoms with E-state index in [9.17, 15) is 4.79 Å². The van der Waals surface area contributed by atoms with Crippen LogP contribution >= 0.6 is 23.2 Å². The van der Waals surface area contributed by atoms with Crippen LogP contribution in [0.3, 0.4) is 0 Å².